The van der Waals surface area contributed by atoms with Crippen molar-refractivity contribution in [1.82, 2.24) is 9.13 Å². The smallest absolute Gasteiger partial charge is 0.115 e. The van der Waals surface area contributed by atoms with Crippen molar-refractivity contribution < 1.29 is 0 Å². The van der Waals surface area contributed by atoms with Gasteiger partial charge in [-0.25, -0.2) is 0 Å². The molecular weight excluding hydrogens is 680 g/mol. The van der Waals surface area contributed by atoms with E-state index in [0.29, 0.717) is 43.8 Å². The number of rotatable bonds is 5. The van der Waals surface area contributed by atoms with E-state index in [1.54, 1.807) is 0 Å². The van der Waals surface area contributed by atoms with E-state index in [2.05, 4.69) is 102 Å². The number of hydrogen-bond donors (Lipinski definition) is 0. The Balaban J connectivity index is 1.27. The Kier molecular flexibility index (Phi) is 8.34. The Labute approximate surface area is 340 Å². The van der Waals surface area contributed by atoms with Gasteiger partial charge in [0.2, 0.25) is 0 Å². The summed E-state index contributed by atoms with van der Waals surface area (Å²) >= 11 is 0. The molecule has 0 aliphatic heterocycles. The van der Waals surface area contributed by atoms with E-state index in [1.807, 2.05) is 59.2 Å². The van der Waals surface area contributed by atoms with Crippen LogP contribution in [0.25, 0.3) is 88.4 Å². The molecule has 9 heteroatoms. The van der Waals surface area contributed by atoms with Gasteiger partial charge in [-0.05, 0) is 81.2 Å². The lowest BCUT2D eigenvalue weighted by Gasteiger charge is -2.19. The molecule has 0 saturated heterocycles. The van der Waals surface area contributed by atoms with Gasteiger partial charge < -0.3 is 9.13 Å². The molecule has 0 bridgehead atoms. The number of benzene rings is 8. The Bertz CT molecular complexity index is 3240. The molecular formula is C48H25B7N2. The van der Waals surface area contributed by atoms with Crippen molar-refractivity contribution in [3.05, 3.63) is 152 Å². The van der Waals surface area contributed by atoms with Crippen molar-refractivity contribution in [2.24, 2.45) is 0 Å². The van der Waals surface area contributed by atoms with Crippen molar-refractivity contribution in [3.8, 4) is 44.8 Å². The largest absolute Gasteiger partial charge is 0.311 e. The molecule has 10 aromatic rings. The van der Waals surface area contributed by atoms with Crippen molar-refractivity contribution in [2.45, 2.75) is 0 Å². The van der Waals surface area contributed by atoms with E-state index in [0.717, 1.165) is 61.0 Å². The van der Waals surface area contributed by atoms with E-state index in [-0.39, 0.29) is 21.9 Å². The zero-order valence-electron chi connectivity index (χ0n) is 30.9. The minimum Gasteiger partial charge on any atom is -0.311 e. The van der Waals surface area contributed by atoms with Crippen LogP contribution in [0.3, 0.4) is 0 Å². The maximum atomic E-state index is 7.32. The molecule has 14 radical (unpaired) electrons. The lowest BCUT2D eigenvalue weighted by atomic mass is 9.64. The van der Waals surface area contributed by atoms with Crippen LogP contribution in [-0.4, -0.2) is 64.1 Å². The summed E-state index contributed by atoms with van der Waals surface area (Å²) in [7, 11) is 48.3. The average molecular weight is 705 g/mol. The molecule has 0 atom stereocenters. The van der Waals surface area contributed by atoms with Crippen molar-refractivity contribution in [2.75, 3.05) is 0 Å². The van der Waals surface area contributed by atoms with E-state index in [9.17, 15) is 0 Å². The van der Waals surface area contributed by atoms with Gasteiger partial charge in [-0.3, -0.25) is 0 Å². The molecule has 2 aromatic heterocycles. The van der Waals surface area contributed by atoms with Crippen LogP contribution in [0, 0.1) is 0 Å². The maximum Gasteiger partial charge on any atom is 0.115 e. The molecule has 248 valence electrons. The summed E-state index contributed by atoms with van der Waals surface area (Å²) in [5, 5.41) is 3.26. The fraction of sp³-hybridized carbons (Fsp3) is 0. The minimum absolute atomic E-state index is 0.179. The minimum atomic E-state index is 0.179. The van der Waals surface area contributed by atoms with Gasteiger partial charge in [-0.2, -0.15) is 0 Å². The summed E-state index contributed by atoms with van der Waals surface area (Å²) in [4.78, 5) is 0. The van der Waals surface area contributed by atoms with Crippen LogP contribution in [-0.2, 0) is 0 Å². The van der Waals surface area contributed by atoms with Crippen molar-refractivity contribution >= 4 is 137 Å². The highest BCUT2D eigenvalue weighted by Gasteiger charge is 2.25. The lowest BCUT2D eigenvalue weighted by molar-refractivity contribution is 1.18. The first-order chi connectivity index (χ1) is 27.7. The number of aromatic nitrogens is 2. The number of hydrogen-bond acceptors (Lipinski definition) is 0. The third kappa shape index (κ3) is 5.36. The molecule has 2 heterocycles. The van der Waals surface area contributed by atoms with Crippen LogP contribution in [0.4, 0.5) is 0 Å². The van der Waals surface area contributed by atoms with Crippen LogP contribution in [0.2, 0.25) is 0 Å². The maximum absolute atomic E-state index is 7.32. The first-order valence-corrected chi connectivity index (χ1v) is 18.6. The first kappa shape index (κ1) is 35.2. The Morgan fingerprint density at radius 3 is 1.49 bits per heavy atom. The highest BCUT2D eigenvalue weighted by molar-refractivity contribution is 6.69. The van der Waals surface area contributed by atoms with Gasteiger partial charge in [0.25, 0.3) is 0 Å². The molecule has 0 amide bonds. The van der Waals surface area contributed by atoms with Gasteiger partial charge in [0, 0.05) is 38.6 Å². The zero-order valence-corrected chi connectivity index (χ0v) is 30.9. The molecule has 0 N–H and O–H groups in total. The quantitative estimate of drug-likeness (QED) is 0.235. The van der Waals surface area contributed by atoms with Gasteiger partial charge in [0.05, 0.1) is 11.0 Å². The van der Waals surface area contributed by atoms with Crippen LogP contribution < -0.4 is 38.2 Å². The Morgan fingerprint density at radius 1 is 0.298 bits per heavy atom. The molecule has 0 saturated carbocycles. The van der Waals surface area contributed by atoms with E-state index in [4.69, 9.17) is 54.9 Å². The van der Waals surface area contributed by atoms with Crippen LogP contribution in [0.5, 0.6) is 0 Å². The fourth-order valence-electron chi connectivity index (χ4n) is 8.56. The summed E-state index contributed by atoms with van der Waals surface area (Å²) in [6.45, 7) is 0. The normalized spacial score (nSPS) is 11.6. The number of para-hydroxylation sites is 1. The molecule has 57 heavy (non-hydrogen) atoms. The molecule has 10 rings (SSSR count). The topological polar surface area (TPSA) is 9.86 Å². The van der Waals surface area contributed by atoms with E-state index >= 15 is 0 Å². The van der Waals surface area contributed by atoms with Gasteiger partial charge in [-0.1, -0.05) is 137 Å². The summed E-state index contributed by atoms with van der Waals surface area (Å²) in [6.07, 6.45) is 0. The van der Waals surface area contributed by atoms with Crippen LogP contribution in [0.15, 0.2) is 152 Å². The highest BCUT2D eigenvalue weighted by atomic mass is 15.0. The van der Waals surface area contributed by atoms with Crippen molar-refractivity contribution in [3.63, 3.8) is 0 Å². The number of fused-ring (bicyclic) bond motifs is 6. The van der Waals surface area contributed by atoms with Gasteiger partial charge in [0.15, 0.2) is 0 Å². The van der Waals surface area contributed by atoms with Crippen LogP contribution >= 0.6 is 0 Å². The standard InChI is InChI=1S/C48H25B7N2/c49-40-37(30-20-22-35-34(24-30)33-21-19-29(27-13-6-2-7-14-27)25-36(33)56(35)31-16-8-3-9-17-31)41(50)45(54)47-38(40)39-42(51)43(52)44(53)46(55)48(39)57(47)32-18-10-15-28(23-32)26-11-4-1-5-12-26/h1-25H. The van der Waals surface area contributed by atoms with E-state index in [1.165, 1.54) is 0 Å². The second-order valence-electron chi connectivity index (χ2n) is 14.5. The third-order valence-corrected chi connectivity index (χ3v) is 11.3. The third-order valence-electron chi connectivity index (χ3n) is 11.3. The van der Waals surface area contributed by atoms with Gasteiger partial charge in [0.1, 0.15) is 54.9 Å². The second kappa shape index (κ2) is 13.5. The molecule has 0 aliphatic carbocycles. The molecule has 0 fully saturated rings. The van der Waals surface area contributed by atoms with E-state index < -0.39 is 0 Å². The van der Waals surface area contributed by atoms with Gasteiger partial charge in [-0.15, -0.1) is 10.9 Å². The zero-order chi connectivity index (χ0) is 39.1. The fourth-order valence-corrected chi connectivity index (χ4v) is 8.56. The molecule has 0 aliphatic rings. The SMILES string of the molecule is [B]c1c([B])c([B])c2c(c1[B])c1c([B])c(-c3ccc4c(c3)c3ccc(-c5ccccc5)cc3n4-c3ccccc3)c([B])c([B])c1n2-c1cccc(-c2ccccc2)c1. The average Bonchev–Trinajstić information content (AvgIpc) is 3.79. The molecule has 8 aromatic carbocycles. The number of nitrogens with zero attached hydrogens (tertiary/aromatic N) is 2. The summed E-state index contributed by atoms with van der Waals surface area (Å²) in [6, 6.07) is 51.8. The Hall–Kier alpha value is -6.19. The highest BCUT2D eigenvalue weighted by Crippen LogP contribution is 2.38. The lowest BCUT2D eigenvalue weighted by Crippen LogP contribution is -2.48. The molecule has 0 spiro atoms. The molecule has 2 nitrogen and oxygen atoms in total. The van der Waals surface area contributed by atoms with Crippen LogP contribution in [0.1, 0.15) is 0 Å². The summed E-state index contributed by atoms with van der Waals surface area (Å²) in [5.41, 5.74) is 12.7. The predicted octanol–water partition coefficient (Wildman–Crippen LogP) is 4.44. The summed E-state index contributed by atoms with van der Waals surface area (Å²) in [5.74, 6) is 0. The van der Waals surface area contributed by atoms with Crippen molar-refractivity contribution in [1.29, 1.82) is 0 Å². The van der Waals surface area contributed by atoms with Gasteiger partial charge >= 0.3 is 0 Å². The molecule has 0 unspecified atom stereocenters. The summed E-state index contributed by atoms with van der Waals surface area (Å²) < 4.78 is 4.24. The first-order valence-electron chi connectivity index (χ1n) is 18.6. The monoisotopic (exact) mass is 706 g/mol. The Morgan fingerprint density at radius 2 is 0.825 bits per heavy atom. The predicted molar refractivity (Wildman–Crippen MR) is 249 cm³/mol. The second-order valence-corrected chi connectivity index (χ2v) is 14.5.